The Hall–Kier alpha value is -2.54. The van der Waals surface area contributed by atoms with Gasteiger partial charge >= 0.3 is 5.97 Å². The largest absolute Gasteiger partial charge is 0.481 e. The van der Waals surface area contributed by atoms with Crippen LogP contribution in [0.3, 0.4) is 0 Å². The third kappa shape index (κ3) is 3.37. The van der Waals surface area contributed by atoms with E-state index in [-0.39, 0.29) is 21.4 Å². The molecule has 148 valence electrons. The van der Waals surface area contributed by atoms with Crippen molar-refractivity contribution in [3.05, 3.63) is 82.3 Å². The molecule has 3 aromatic carbocycles. The highest BCUT2D eigenvalue weighted by atomic mass is 35.5. The molecule has 0 amide bonds. The van der Waals surface area contributed by atoms with Crippen LogP contribution in [0.4, 0.5) is 5.69 Å². The molecule has 0 radical (unpaired) electrons. The zero-order valence-corrected chi connectivity index (χ0v) is 17.2. The summed E-state index contributed by atoms with van der Waals surface area (Å²) in [6, 6.07) is 17.4. The minimum atomic E-state index is -4.13. The molecular weight excluding hydrogens is 433 g/mol. The van der Waals surface area contributed by atoms with Gasteiger partial charge in [-0.2, -0.15) is 0 Å². The summed E-state index contributed by atoms with van der Waals surface area (Å²) in [7, 11) is -4.13. The van der Waals surface area contributed by atoms with Crippen molar-refractivity contribution in [3.8, 4) is 11.1 Å². The van der Waals surface area contributed by atoms with Gasteiger partial charge in [0.2, 0.25) is 0 Å². The molecule has 1 aliphatic rings. The van der Waals surface area contributed by atoms with Crippen LogP contribution in [0.25, 0.3) is 11.1 Å². The van der Waals surface area contributed by atoms with Gasteiger partial charge in [0, 0.05) is 5.56 Å². The van der Waals surface area contributed by atoms with Gasteiger partial charge in [-0.3, -0.25) is 9.10 Å². The van der Waals surface area contributed by atoms with E-state index in [4.69, 9.17) is 23.2 Å². The minimum absolute atomic E-state index is 0.0588. The number of para-hydroxylation sites is 1. The number of hydrogen-bond acceptors (Lipinski definition) is 3. The smallest absolute Gasteiger partial charge is 0.305 e. The molecule has 5 nitrogen and oxygen atoms in total. The number of rotatable bonds is 4. The molecule has 1 unspecified atom stereocenters. The molecule has 0 fully saturated rings. The van der Waals surface area contributed by atoms with E-state index in [1.54, 1.807) is 24.3 Å². The van der Waals surface area contributed by atoms with Crippen molar-refractivity contribution >= 4 is 44.9 Å². The molecule has 0 aliphatic carbocycles. The van der Waals surface area contributed by atoms with E-state index in [1.165, 1.54) is 22.5 Å². The Morgan fingerprint density at radius 3 is 2.28 bits per heavy atom. The van der Waals surface area contributed by atoms with E-state index in [1.807, 2.05) is 24.3 Å². The number of aliphatic carboxylic acids is 1. The molecule has 0 saturated heterocycles. The highest BCUT2D eigenvalue weighted by molar-refractivity contribution is 7.92. The van der Waals surface area contributed by atoms with Gasteiger partial charge in [0.05, 0.1) is 33.1 Å². The first-order valence-corrected chi connectivity index (χ1v) is 10.9. The molecule has 3 aromatic rings. The number of carbonyl (C=O) groups is 1. The van der Waals surface area contributed by atoms with Gasteiger partial charge in [0.15, 0.2) is 0 Å². The topological polar surface area (TPSA) is 74.7 Å². The number of carboxylic acids is 1. The molecule has 1 aliphatic heterocycles. The van der Waals surface area contributed by atoms with Gasteiger partial charge in [-0.15, -0.1) is 0 Å². The van der Waals surface area contributed by atoms with E-state index in [9.17, 15) is 18.3 Å². The van der Waals surface area contributed by atoms with E-state index in [0.29, 0.717) is 16.8 Å². The van der Waals surface area contributed by atoms with Gasteiger partial charge in [-0.05, 0) is 35.4 Å². The summed E-state index contributed by atoms with van der Waals surface area (Å²) in [5, 5.41) is 9.85. The standard InChI is InChI=1S/C21H15Cl2NO4S/c22-17-10-9-13(11-18(17)23)29(27,28)24-19-8-4-3-6-15(19)14-5-1-2-7-16(14)20(24)12-21(25)26/h1-11,20H,12H2,(H,25,26). The number of carboxylic acid groups (broad SMARTS) is 1. The molecule has 1 heterocycles. The Balaban J connectivity index is 1.99. The molecule has 1 N–H and O–H groups in total. The maximum absolute atomic E-state index is 13.6. The summed E-state index contributed by atoms with van der Waals surface area (Å²) in [5.41, 5.74) is 2.59. The highest BCUT2D eigenvalue weighted by Crippen LogP contribution is 2.48. The lowest BCUT2D eigenvalue weighted by Gasteiger charge is -2.38. The lowest BCUT2D eigenvalue weighted by Crippen LogP contribution is -2.38. The molecule has 4 rings (SSSR count). The Morgan fingerprint density at radius 1 is 0.931 bits per heavy atom. The minimum Gasteiger partial charge on any atom is -0.481 e. The van der Waals surface area contributed by atoms with E-state index >= 15 is 0 Å². The van der Waals surface area contributed by atoms with Gasteiger partial charge in [0.1, 0.15) is 0 Å². The zero-order valence-electron chi connectivity index (χ0n) is 14.9. The fraction of sp³-hybridized carbons (Fsp3) is 0.0952. The molecule has 0 bridgehead atoms. The van der Waals surface area contributed by atoms with Crippen molar-refractivity contribution in [1.29, 1.82) is 0 Å². The maximum atomic E-state index is 13.6. The fourth-order valence-corrected chi connectivity index (χ4v) is 5.66. The number of sulfonamides is 1. The van der Waals surface area contributed by atoms with E-state index in [2.05, 4.69) is 0 Å². The first-order chi connectivity index (χ1) is 13.8. The van der Waals surface area contributed by atoms with Crippen molar-refractivity contribution in [2.45, 2.75) is 17.4 Å². The number of halogens is 2. The summed E-state index contributed by atoms with van der Waals surface area (Å²) in [4.78, 5) is 11.6. The van der Waals surface area contributed by atoms with Crippen LogP contribution in [-0.4, -0.2) is 19.5 Å². The van der Waals surface area contributed by atoms with Crippen molar-refractivity contribution in [1.82, 2.24) is 0 Å². The van der Waals surface area contributed by atoms with Crippen LogP contribution in [0.2, 0.25) is 10.0 Å². The average molecular weight is 448 g/mol. The van der Waals surface area contributed by atoms with Gasteiger partial charge in [0.25, 0.3) is 10.0 Å². The van der Waals surface area contributed by atoms with Gasteiger partial charge < -0.3 is 5.11 Å². The number of anilines is 1. The third-order valence-electron chi connectivity index (χ3n) is 4.85. The fourth-order valence-electron chi connectivity index (χ4n) is 3.63. The van der Waals surface area contributed by atoms with Crippen LogP contribution in [0.5, 0.6) is 0 Å². The van der Waals surface area contributed by atoms with Gasteiger partial charge in [-0.1, -0.05) is 65.7 Å². The second-order valence-electron chi connectivity index (χ2n) is 6.59. The Labute approximate surface area is 178 Å². The normalized spacial score (nSPS) is 15.5. The SMILES string of the molecule is O=C(O)CC1c2ccccc2-c2ccccc2N1S(=O)(=O)c1ccc(Cl)c(Cl)c1. The Bertz CT molecular complexity index is 1230. The Kier molecular flexibility index (Phi) is 5.02. The first kappa shape index (κ1) is 19.8. The quantitative estimate of drug-likeness (QED) is 0.581. The highest BCUT2D eigenvalue weighted by Gasteiger charge is 2.40. The molecule has 1 atom stereocenters. The number of benzene rings is 3. The van der Waals surface area contributed by atoms with Crippen molar-refractivity contribution in [2.24, 2.45) is 0 Å². The number of fused-ring (bicyclic) bond motifs is 3. The summed E-state index contributed by atoms with van der Waals surface area (Å²) in [5.74, 6) is -1.10. The monoisotopic (exact) mass is 447 g/mol. The average Bonchev–Trinajstić information content (AvgIpc) is 2.69. The lowest BCUT2D eigenvalue weighted by atomic mass is 9.88. The first-order valence-electron chi connectivity index (χ1n) is 8.70. The molecule has 0 spiro atoms. The van der Waals surface area contributed by atoms with E-state index < -0.39 is 22.0 Å². The van der Waals surface area contributed by atoms with Crippen LogP contribution in [0, 0.1) is 0 Å². The summed E-state index contributed by atoms with van der Waals surface area (Å²) in [6.07, 6.45) is -0.383. The van der Waals surface area contributed by atoms with Crippen LogP contribution >= 0.6 is 23.2 Å². The van der Waals surface area contributed by atoms with Crippen molar-refractivity contribution in [3.63, 3.8) is 0 Å². The van der Waals surface area contributed by atoms with E-state index in [0.717, 1.165) is 5.56 Å². The lowest BCUT2D eigenvalue weighted by molar-refractivity contribution is -0.137. The summed E-state index contributed by atoms with van der Waals surface area (Å²) >= 11 is 12.0. The molecule has 8 heteroatoms. The molecule has 0 aromatic heterocycles. The number of hydrogen-bond donors (Lipinski definition) is 1. The van der Waals surface area contributed by atoms with Gasteiger partial charge in [-0.25, -0.2) is 8.42 Å². The molecule has 0 saturated carbocycles. The Morgan fingerprint density at radius 2 is 1.59 bits per heavy atom. The predicted octanol–water partition coefficient (Wildman–Crippen LogP) is 5.39. The van der Waals surface area contributed by atoms with Crippen LogP contribution in [0.15, 0.2) is 71.6 Å². The van der Waals surface area contributed by atoms with Crippen LogP contribution in [-0.2, 0) is 14.8 Å². The van der Waals surface area contributed by atoms with Crippen molar-refractivity contribution < 1.29 is 18.3 Å². The molecular formula is C21H15Cl2NO4S. The zero-order chi connectivity index (χ0) is 20.8. The molecule has 29 heavy (non-hydrogen) atoms. The van der Waals surface area contributed by atoms with Crippen LogP contribution in [0.1, 0.15) is 18.0 Å². The van der Waals surface area contributed by atoms with Crippen molar-refractivity contribution in [2.75, 3.05) is 4.31 Å². The second kappa shape index (κ2) is 7.37. The third-order valence-corrected chi connectivity index (χ3v) is 7.41. The summed E-state index contributed by atoms with van der Waals surface area (Å²) < 4.78 is 28.5. The second-order valence-corrected chi connectivity index (χ2v) is 9.22. The maximum Gasteiger partial charge on any atom is 0.305 e. The van der Waals surface area contributed by atoms with Crippen LogP contribution < -0.4 is 4.31 Å². The summed E-state index contributed by atoms with van der Waals surface area (Å²) in [6.45, 7) is 0. The predicted molar refractivity (Wildman–Crippen MR) is 113 cm³/mol. The number of nitrogens with zero attached hydrogens (tertiary/aromatic N) is 1.